The predicted octanol–water partition coefficient (Wildman–Crippen LogP) is 4.14. The normalized spacial score (nSPS) is 10.2. The summed E-state index contributed by atoms with van der Waals surface area (Å²) < 4.78 is 0.979. The molecule has 0 aliphatic carbocycles. The second-order valence-electron chi connectivity index (χ2n) is 5.16. The molecule has 0 fully saturated rings. The smallest absolute Gasteiger partial charge is 0.236 e. The van der Waals surface area contributed by atoms with E-state index in [1.165, 1.54) is 0 Å². The van der Waals surface area contributed by atoms with Crippen molar-refractivity contribution in [3.63, 3.8) is 0 Å². The summed E-state index contributed by atoms with van der Waals surface area (Å²) in [5, 5.41) is 2.76. The largest absolute Gasteiger partial charge is 0.326 e. The van der Waals surface area contributed by atoms with E-state index in [1.807, 2.05) is 56.3 Å². The van der Waals surface area contributed by atoms with Crippen LogP contribution < -0.4 is 10.2 Å². The van der Waals surface area contributed by atoms with Crippen molar-refractivity contribution < 1.29 is 9.59 Å². The highest BCUT2D eigenvalue weighted by atomic mass is 79.9. The highest BCUT2D eigenvalue weighted by Gasteiger charge is 2.17. The van der Waals surface area contributed by atoms with E-state index in [-0.39, 0.29) is 18.2 Å². The number of hydrogen-bond donors (Lipinski definition) is 1. The van der Waals surface area contributed by atoms with Crippen LogP contribution in [0.2, 0.25) is 0 Å². The van der Waals surface area contributed by atoms with Crippen molar-refractivity contribution >= 4 is 39.1 Å². The molecule has 2 amide bonds. The molecule has 2 aromatic carbocycles. The van der Waals surface area contributed by atoms with Crippen molar-refractivity contribution in [2.75, 3.05) is 16.8 Å². The molecular weight excluding hydrogens is 356 g/mol. The molecule has 0 aromatic heterocycles. The Morgan fingerprint density at radius 1 is 1.13 bits per heavy atom. The van der Waals surface area contributed by atoms with Crippen LogP contribution in [0, 0.1) is 6.92 Å². The molecule has 5 heteroatoms. The Balaban J connectivity index is 2.01. The zero-order chi connectivity index (χ0) is 16.8. The van der Waals surface area contributed by atoms with Gasteiger partial charge in [-0.3, -0.25) is 9.59 Å². The number of aryl methyl sites for hydroxylation is 1. The van der Waals surface area contributed by atoms with Crippen molar-refractivity contribution in [2.45, 2.75) is 20.3 Å². The Labute approximate surface area is 144 Å². The number of halogens is 1. The van der Waals surface area contributed by atoms with Gasteiger partial charge in [-0.25, -0.2) is 0 Å². The molecule has 0 unspecified atom stereocenters. The monoisotopic (exact) mass is 374 g/mol. The number of amides is 2. The van der Waals surface area contributed by atoms with Gasteiger partial charge in [0.1, 0.15) is 6.42 Å². The van der Waals surface area contributed by atoms with Gasteiger partial charge in [-0.15, -0.1) is 0 Å². The van der Waals surface area contributed by atoms with Gasteiger partial charge >= 0.3 is 0 Å². The van der Waals surface area contributed by atoms with Crippen LogP contribution in [0.25, 0.3) is 0 Å². The van der Waals surface area contributed by atoms with Crippen LogP contribution in [0.4, 0.5) is 11.4 Å². The lowest BCUT2D eigenvalue weighted by Crippen LogP contribution is -2.33. The maximum Gasteiger partial charge on any atom is 0.236 e. The summed E-state index contributed by atoms with van der Waals surface area (Å²) >= 11 is 3.42. The van der Waals surface area contributed by atoms with Gasteiger partial charge in [0.2, 0.25) is 11.8 Å². The number of carbonyl (C=O) groups is 2. The first-order valence-corrected chi connectivity index (χ1v) is 8.22. The van der Waals surface area contributed by atoms with Crippen molar-refractivity contribution in [1.29, 1.82) is 0 Å². The minimum atomic E-state index is -0.314. The minimum absolute atomic E-state index is 0.183. The Kier molecular flexibility index (Phi) is 5.93. The van der Waals surface area contributed by atoms with Gasteiger partial charge < -0.3 is 10.2 Å². The molecule has 2 aromatic rings. The summed E-state index contributed by atoms with van der Waals surface area (Å²) in [5.74, 6) is -0.531. The molecule has 0 saturated heterocycles. The standard InChI is InChI=1S/C18H19BrN2O2/c1-3-21(15-7-5-4-6-8-15)18(23)12-17(22)20-14-9-10-16(19)13(2)11-14/h4-11H,3,12H2,1-2H3,(H,20,22). The van der Waals surface area contributed by atoms with Crippen LogP contribution in [0.3, 0.4) is 0 Å². The number of benzene rings is 2. The van der Waals surface area contributed by atoms with E-state index in [4.69, 9.17) is 0 Å². The summed E-state index contributed by atoms with van der Waals surface area (Å²) in [6.07, 6.45) is -0.183. The molecule has 0 spiro atoms. The number of rotatable bonds is 5. The molecule has 4 nitrogen and oxygen atoms in total. The molecule has 120 valence electrons. The number of para-hydroxylation sites is 1. The highest BCUT2D eigenvalue weighted by molar-refractivity contribution is 9.10. The van der Waals surface area contributed by atoms with Crippen molar-refractivity contribution in [3.05, 3.63) is 58.6 Å². The number of nitrogens with one attached hydrogen (secondary N) is 1. The van der Waals surface area contributed by atoms with Gasteiger partial charge in [-0.1, -0.05) is 34.1 Å². The number of hydrogen-bond acceptors (Lipinski definition) is 2. The van der Waals surface area contributed by atoms with Gasteiger partial charge in [-0.05, 0) is 49.7 Å². The van der Waals surface area contributed by atoms with E-state index in [0.717, 1.165) is 15.7 Å². The lowest BCUT2D eigenvalue weighted by atomic mass is 10.2. The molecule has 0 saturated carbocycles. The third-order valence-corrected chi connectivity index (χ3v) is 4.33. The molecule has 23 heavy (non-hydrogen) atoms. The molecule has 0 aliphatic heterocycles. The predicted molar refractivity (Wildman–Crippen MR) is 96.6 cm³/mol. The van der Waals surface area contributed by atoms with Gasteiger partial charge in [-0.2, -0.15) is 0 Å². The van der Waals surface area contributed by atoms with Gasteiger partial charge in [0.15, 0.2) is 0 Å². The zero-order valence-electron chi connectivity index (χ0n) is 13.2. The van der Waals surface area contributed by atoms with Crippen molar-refractivity contribution in [1.82, 2.24) is 0 Å². The maximum absolute atomic E-state index is 12.4. The van der Waals surface area contributed by atoms with Crippen LogP contribution >= 0.6 is 15.9 Å². The van der Waals surface area contributed by atoms with E-state index in [0.29, 0.717) is 12.2 Å². The zero-order valence-corrected chi connectivity index (χ0v) is 14.8. The number of carbonyl (C=O) groups excluding carboxylic acids is 2. The SMILES string of the molecule is CCN(C(=O)CC(=O)Nc1ccc(Br)c(C)c1)c1ccccc1. The lowest BCUT2D eigenvalue weighted by molar-refractivity contribution is -0.125. The third kappa shape index (κ3) is 4.66. The molecule has 0 bridgehead atoms. The first-order chi connectivity index (χ1) is 11.0. The first kappa shape index (κ1) is 17.2. The minimum Gasteiger partial charge on any atom is -0.326 e. The summed E-state index contributed by atoms with van der Waals surface area (Å²) in [4.78, 5) is 26.1. The third-order valence-electron chi connectivity index (χ3n) is 3.44. The van der Waals surface area contributed by atoms with Gasteiger partial charge in [0.05, 0.1) is 0 Å². The number of anilines is 2. The fraction of sp³-hybridized carbons (Fsp3) is 0.222. The van der Waals surface area contributed by atoms with Crippen LogP contribution in [0.15, 0.2) is 53.0 Å². The van der Waals surface area contributed by atoms with Gasteiger partial charge in [0, 0.05) is 22.4 Å². The molecule has 0 heterocycles. The van der Waals surface area contributed by atoms with Crippen LogP contribution in [0.5, 0.6) is 0 Å². The fourth-order valence-electron chi connectivity index (χ4n) is 2.27. The summed E-state index contributed by atoms with van der Waals surface area (Å²) in [7, 11) is 0. The Morgan fingerprint density at radius 2 is 1.83 bits per heavy atom. The Hall–Kier alpha value is -2.14. The van der Waals surface area contributed by atoms with Crippen LogP contribution in [-0.4, -0.2) is 18.4 Å². The average molecular weight is 375 g/mol. The summed E-state index contributed by atoms with van der Waals surface area (Å²) in [6, 6.07) is 14.9. The topological polar surface area (TPSA) is 49.4 Å². The second kappa shape index (κ2) is 7.92. The van der Waals surface area contributed by atoms with E-state index < -0.39 is 0 Å². The van der Waals surface area contributed by atoms with Crippen LogP contribution in [-0.2, 0) is 9.59 Å². The van der Waals surface area contributed by atoms with E-state index in [1.54, 1.807) is 11.0 Å². The molecule has 1 N–H and O–H groups in total. The average Bonchev–Trinajstić information content (AvgIpc) is 2.52. The number of nitrogens with zero attached hydrogens (tertiary/aromatic N) is 1. The van der Waals surface area contributed by atoms with Gasteiger partial charge in [0.25, 0.3) is 0 Å². The van der Waals surface area contributed by atoms with E-state index >= 15 is 0 Å². The molecular formula is C18H19BrN2O2. The van der Waals surface area contributed by atoms with Crippen molar-refractivity contribution in [2.24, 2.45) is 0 Å². The summed E-state index contributed by atoms with van der Waals surface area (Å²) in [6.45, 7) is 4.35. The Morgan fingerprint density at radius 3 is 2.43 bits per heavy atom. The van der Waals surface area contributed by atoms with Crippen LogP contribution in [0.1, 0.15) is 18.9 Å². The Bertz CT molecular complexity index is 701. The second-order valence-corrected chi connectivity index (χ2v) is 6.02. The quantitative estimate of drug-likeness (QED) is 0.799. The first-order valence-electron chi connectivity index (χ1n) is 7.42. The highest BCUT2D eigenvalue weighted by Crippen LogP contribution is 2.20. The molecule has 0 radical (unpaired) electrons. The van der Waals surface area contributed by atoms with E-state index in [2.05, 4.69) is 21.2 Å². The molecule has 2 rings (SSSR count). The maximum atomic E-state index is 12.4. The van der Waals surface area contributed by atoms with Crippen molar-refractivity contribution in [3.8, 4) is 0 Å². The van der Waals surface area contributed by atoms with E-state index in [9.17, 15) is 9.59 Å². The molecule has 0 aliphatic rings. The lowest BCUT2D eigenvalue weighted by Gasteiger charge is -2.20. The fourth-order valence-corrected chi connectivity index (χ4v) is 2.52. The molecule has 0 atom stereocenters. The summed E-state index contributed by atoms with van der Waals surface area (Å²) in [5.41, 5.74) is 2.51.